The molecule has 1 aromatic heterocycles. The second-order valence-corrected chi connectivity index (χ2v) is 8.13. The van der Waals surface area contributed by atoms with E-state index in [0.29, 0.717) is 19.6 Å². The number of pyridine rings is 1. The molecule has 2 aliphatic rings. The predicted octanol–water partition coefficient (Wildman–Crippen LogP) is 2.26. The third-order valence-corrected chi connectivity index (χ3v) is 5.88. The molecular formula is C23H28N4O2. The molecule has 6 heteroatoms. The van der Waals surface area contributed by atoms with Gasteiger partial charge in [-0.05, 0) is 44.0 Å². The summed E-state index contributed by atoms with van der Waals surface area (Å²) in [7, 11) is 0. The molecule has 0 bridgehead atoms. The highest BCUT2D eigenvalue weighted by atomic mass is 16.2. The first-order chi connectivity index (χ1) is 14.0. The number of aryl methyl sites for hydroxylation is 2. The number of rotatable bonds is 4. The van der Waals surface area contributed by atoms with Crippen molar-refractivity contribution in [1.29, 1.82) is 0 Å². The number of likely N-dealkylation sites (tertiary alicyclic amines) is 1. The van der Waals surface area contributed by atoms with E-state index < -0.39 is 0 Å². The van der Waals surface area contributed by atoms with E-state index in [2.05, 4.69) is 16.0 Å². The molecule has 0 aliphatic carbocycles. The van der Waals surface area contributed by atoms with Crippen LogP contribution in [-0.2, 0) is 11.3 Å². The van der Waals surface area contributed by atoms with Crippen LogP contribution in [0, 0.1) is 13.8 Å². The van der Waals surface area contributed by atoms with E-state index in [1.165, 1.54) is 0 Å². The van der Waals surface area contributed by atoms with E-state index in [0.717, 1.165) is 48.3 Å². The number of carbonyl (C=O) groups excluding carboxylic acids is 2. The molecular weight excluding hydrogens is 364 g/mol. The molecule has 0 radical (unpaired) electrons. The lowest BCUT2D eigenvalue weighted by Crippen LogP contribution is -2.53. The molecule has 1 unspecified atom stereocenters. The number of nitrogens with zero attached hydrogens (tertiary/aromatic N) is 4. The van der Waals surface area contributed by atoms with Crippen LogP contribution in [0.25, 0.3) is 0 Å². The highest BCUT2D eigenvalue weighted by molar-refractivity contribution is 5.94. The van der Waals surface area contributed by atoms with Crippen LogP contribution in [0.5, 0.6) is 0 Å². The van der Waals surface area contributed by atoms with Crippen molar-refractivity contribution in [2.24, 2.45) is 0 Å². The zero-order valence-electron chi connectivity index (χ0n) is 17.2. The van der Waals surface area contributed by atoms with Crippen molar-refractivity contribution < 1.29 is 9.59 Å². The molecule has 1 atom stereocenters. The van der Waals surface area contributed by atoms with Crippen molar-refractivity contribution in [3.05, 3.63) is 65.0 Å². The molecule has 6 nitrogen and oxygen atoms in total. The molecule has 2 fully saturated rings. The maximum atomic E-state index is 12.9. The SMILES string of the molecule is Cc1cc(C)cc(C(=O)N2CCN(C3CCN(Cc4cccnc4)C3=O)CC2)c1. The summed E-state index contributed by atoms with van der Waals surface area (Å²) >= 11 is 0. The van der Waals surface area contributed by atoms with Gasteiger partial charge in [0, 0.05) is 57.2 Å². The van der Waals surface area contributed by atoms with Crippen molar-refractivity contribution in [3.63, 3.8) is 0 Å². The van der Waals surface area contributed by atoms with E-state index in [9.17, 15) is 9.59 Å². The van der Waals surface area contributed by atoms with Gasteiger partial charge in [-0.15, -0.1) is 0 Å². The Kier molecular flexibility index (Phi) is 5.62. The number of piperazine rings is 1. The molecule has 0 N–H and O–H groups in total. The van der Waals surface area contributed by atoms with Crippen molar-refractivity contribution in [2.45, 2.75) is 32.9 Å². The standard InChI is InChI=1S/C23H28N4O2/c1-17-12-18(2)14-20(13-17)22(28)26-10-8-25(9-11-26)21-5-7-27(23(21)29)16-19-4-3-6-24-15-19/h3-4,6,12-15,21H,5,7-11,16H2,1-2H3. The van der Waals surface area contributed by atoms with Gasteiger partial charge in [-0.1, -0.05) is 23.3 Å². The Hall–Kier alpha value is -2.73. The molecule has 2 aromatic rings. The average Bonchev–Trinajstić information content (AvgIpc) is 3.08. The maximum absolute atomic E-state index is 12.9. The van der Waals surface area contributed by atoms with Gasteiger partial charge < -0.3 is 9.80 Å². The smallest absolute Gasteiger partial charge is 0.253 e. The Morgan fingerprint density at radius 2 is 1.79 bits per heavy atom. The summed E-state index contributed by atoms with van der Waals surface area (Å²) in [6.45, 7) is 8.25. The minimum atomic E-state index is -0.0647. The van der Waals surface area contributed by atoms with Crippen LogP contribution in [-0.4, -0.2) is 70.3 Å². The summed E-state index contributed by atoms with van der Waals surface area (Å²) in [5, 5.41) is 0. The van der Waals surface area contributed by atoms with Crippen LogP contribution in [0.4, 0.5) is 0 Å². The van der Waals surface area contributed by atoms with Crippen molar-refractivity contribution in [1.82, 2.24) is 19.7 Å². The molecule has 152 valence electrons. The van der Waals surface area contributed by atoms with E-state index in [1.54, 1.807) is 6.20 Å². The molecule has 29 heavy (non-hydrogen) atoms. The first-order valence-electron chi connectivity index (χ1n) is 10.3. The lowest BCUT2D eigenvalue weighted by atomic mass is 10.1. The van der Waals surface area contributed by atoms with Crippen LogP contribution in [0.1, 0.15) is 33.5 Å². The van der Waals surface area contributed by atoms with Crippen LogP contribution in [0.3, 0.4) is 0 Å². The zero-order chi connectivity index (χ0) is 20.4. The summed E-state index contributed by atoms with van der Waals surface area (Å²) in [6, 6.07) is 9.84. The summed E-state index contributed by atoms with van der Waals surface area (Å²) in [5.74, 6) is 0.287. The molecule has 3 heterocycles. The molecule has 0 saturated carbocycles. The first kappa shape index (κ1) is 19.6. The van der Waals surface area contributed by atoms with E-state index in [4.69, 9.17) is 0 Å². The van der Waals surface area contributed by atoms with Gasteiger partial charge in [0.25, 0.3) is 5.91 Å². The number of carbonyl (C=O) groups is 2. The quantitative estimate of drug-likeness (QED) is 0.801. The summed E-state index contributed by atoms with van der Waals surface area (Å²) in [5.41, 5.74) is 4.04. The van der Waals surface area contributed by atoms with Crippen molar-refractivity contribution >= 4 is 11.8 Å². The number of hydrogen-bond donors (Lipinski definition) is 0. The summed E-state index contributed by atoms with van der Waals surface area (Å²) in [4.78, 5) is 36.0. The van der Waals surface area contributed by atoms with Gasteiger partial charge in [0.2, 0.25) is 5.91 Å². The van der Waals surface area contributed by atoms with Gasteiger partial charge in [0.05, 0.1) is 6.04 Å². The number of benzene rings is 1. The molecule has 2 saturated heterocycles. The molecule has 1 aromatic carbocycles. The van der Waals surface area contributed by atoms with Gasteiger partial charge >= 0.3 is 0 Å². The fourth-order valence-electron chi connectivity index (χ4n) is 4.45. The predicted molar refractivity (Wildman–Crippen MR) is 111 cm³/mol. The summed E-state index contributed by atoms with van der Waals surface area (Å²) < 4.78 is 0. The van der Waals surface area contributed by atoms with Gasteiger partial charge in [-0.2, -0.15) is 0 Å². The highest BCUT2D eigenvalue weighted by Gasteiger charge is 2.37. The number of amides is 2. The minimum absolute atomic E-state index is 0.0647. The van der Waals surface area contributed by atoms with E-state index >= 15 is 0 Å². The number of aromatic nitrogens is 1. The van der Waals surface area contributed by atoms with Gasteiger partial charge in [-0.25, -0.2) is 0 Å². The van der Waals surface area contributed by atoms with E-state index in [1.807, 2.05) is 54.1 Å². The molecule has 0 spiro atoms. The lowest BCUT2D eigenvalue weighted by molar-refractivity contribution is -0.133. The van der Waals surface area contributed by atoms with Crippen molar-refractivity contribution in [2.75, 3.05) is 32.7 Å². The second kappa shape index (κ2) is 8.33. The normalized spacial score (nSPS) is 20.3. The topological polar surface area (TPSA) is 56.8 Å². The van der Waals surface area contributed by atoms with Crippen LogP contribution >= 0.6 is 0 Å². The minimum Gasteiger partial charge on any atom is -0.337 e. The number of hydrogen-bond acceptors (Lipinski definition) is 4. The summed E-state index contributed by atoms with van der Waals surface area (Å²) in [6.07, 6.45) is 4.42. The van der Waals surface area contributed by atoms with Gasteiger partial charge in [0.15, 0.2) is 0 Å². The average molecular weight is 393 g/mol. The van der Waals surface area contributed by atoms with Crippen molar-refractivity contribution in [3.8, 4) is 0 Å². The zero-order valence-corrected chi connectivity index (χ0v) is 17.2. The molecule has 4 rings (SSSR count). The van der Waals surface area contributed by atoms with E-state index in [-0.39, 0.29) is 17.9 Å². The van der Waals surface area contributed by atoms with Crippen LogP contribution < -0.4 is 0 Å². The first-order valence-corrected chi connectivity index (χ1v) is 10.3. The largest absolute Gasteiger partial charge is 0.337 e. The monoisotopic (exact) mass is 392 g/mol. The Morgan fingerprint density at radius 3 is 2.45 bits per heavy atom. The second-order valence-electron chi connectivity index (χ2n) is 8.13. The Labute approximate surface area is 172 Å². The lowest BCUT2D eigenvalue weighted by Gasteiger charge is -2.37. The Morgan fingerprint density at radius 1 is 1.07 bits per heavy atom. The Balaban J connectivity index is 1.34. The highest BCUT2D eigenvalue weighted by Crippen LogP contribution is 2.22. The Bertz CT molecular complexity index is 871. The third-order valence-electron chi connectivity index (χ3n) is 5.88. The fourth-order valence-corrected chi connectivity index (χ4v) is 4.45. The van der Waals surface area contributed by atoms with Crippen LogP contribution in [0.2, 0.25) is 0 Å². The molecule has 2 aliphatic heterocycles. The van der Waals surface area contributed by atoms with Gasteiger partial charge in [0.1, 0.15) is 0 Å². The third kappa shape index (κ3) is 4.32. The maximum Gasteiger partial charge on any atom is 0.253 e. The fraction of sp³-hybridized carbons (Fsp3) is 0.435. The van der Waals surface area contributed by atoms with Gasteiger partial charge in [-0.3, -0.25) is 19.5 Å². The molecule has 2 amide bonds. The van der Waals surface area contributed by atoms with Crippen LogP contribution in [0.15, 0.2) is 42.7 Å².